The number of morpholine rings is 1. The number of benzene rings is 2. The van der Waals surface area contributed by atoms with E-state index >= 15 is 0 Å². The first-order chi connectivity index (χ1) is 14.9. The second kappa shape index (κ2) is 9.47. The van der Waals surface area contributed by atoms with Crippen LogP contribution in [0.15, 0.2) is 30.3 Å². The number of nitrogens with zero attached hydrogens (tertiary/aromatic N) is 3. The number of aromatic nitrogens is 1. The van der Waals surface area contributed by atoms with Gasteiger partial charge in [-0.1, -0.05) is 29.5 Å². The molecular formula is C25H31N3O2S. The van der Waals surface area contributed by atoms with Gasteiger partial charge in [-0.2, -0.15) is 0 Å². The van der Waals surface area contributed by atoms with Crippen LogP contribution in [0.2, 0.25) is 0 Å². The SMILES string of the molecule is Cc1ccc(C(=O)N(CCCN2CCOCC2)c2nc3c(C)ccc(C)c3s2)cc1C. The van der Waals surface area contributed by atoms with E-state index in [0.29, 0.717) is 6.54 Å². The third-order valence-corrected chi connectivity index (χ3v) is 7.33. The fraction of sp³-hybridized carbons (Fsp3) is 0.440. The summed E-state index contributed by atoms with van der Waals surface area (Å²) in [5.74, 6) is 0.0273. The molecular weight excluding hydrogens is 406 g/mol. The third kappa shape index (κ3) is 4.81. The summed E-state index contributed by atoms with van der Waals surface area (Å²) in [5, 5.41) is 0.789. The first-order valence-electron chi connectivity index (χ1n) is 11.0. The lowest BCUT2D eigenvalue weighted by Crippen LogP contribution is -2.39. The van der Waals surface area contributed by atoms with Gasteiger partial charge in [0.15, 0.2) is 5.13 Å². The molecule has 0 bridgehead atoms. The normalized spacial score (nSPS) is 14.8. The van der Waals surface area contributed by atoms with Crippen molar-refractivity contribution in [2.24, 2.45) is 0 Å². The minimum atomic E-state index is 0.0273. The Kier molecular flexibility index (Phi) is 6.70. The molecule has 1 aromatic heterocycles. The second-order valence-electron chi connectivity index (χ2n) is 8.44. The van der Waals surface area contributed by atoms with Crippen LogP contribution in [-0.2, 0) is 4.74 Å². The predicted molar refractivity (Wildman–Crippen MR) is 129 cm³/mol. The van der Waals surface area contributed by atoms with Crippen LogP contribution in [0.3, 0.4) is 0 Å². The van der Waals surface area contributed by atoms with Crippen LogP contribution >= 0.6 is 11.3 Å². The highest BCUT2D eigenvalue weighted by atomic mass is 32.1. The van der Waals surface area contributed by atoms with Crippen molar-refractivity contribution in [3.05, 3.63) is 58.1 Å². The second-order valence-corrected chi connectivity index (χ2v) is 9.41. The minimum Gasteiger partial charge on any atom is -0.379 e. The van der Waals surface area contributed by atoms with Gasteiger partial charge in [-0.15, -0.1) is 0 Å². The number of hydrogen-bond donors (Lipinski definition) is 0. The smallest absolute Gasteiger partial charge is 0.260 e. The maximum absolute atomic E-state index is 13.6. The fourth-order valence-corrected chi connectivity index (χ4v) is 5.09. The van der Waals surface area contributed by atoms with Gasteiger partial charge in [0, 0.05) is 31.7 Å². The molecule has 1 aliphatic rings. The van der Waals surface area contributed by atoms with Crippen molar-refractivity contribution in [2.75, 3.05) is 44.3 Å². The Morgan fingerprint density at radius 3 is 2.45 bits per heavy atom. The van der Waals surface area contributed by atoms with E-state index < -0.39 is 0 Å². The molecule has 0 spiro atoms. The average molecular weight is 438 g/mol. The number of carbonyl (C=O) groups is 1. The quantitative estimate of drug-likeness (QED) is 0.550. The Labute approximate surface area is 188 Å². The monoisotopic (exact) mass is 437 g/mol. The first kappa shape index (κ1) is 21.9. The number of aryl methyl sites for hydroxylation is 4. The lowest BCUT2D eigenvalue weighted by Gasteiger charge is -2.27. The predicted octanol–water partition coefficient (Wildman–Crippen LogP) is 4.90. The van der Waals surface area contributed by atoms with E-state index in [9.17, 15) is 4.79 Å². The number of carbonyl (C=O) groups excluding carboxylic acids is 1. The van der Waals surface area contributed by atoms with E-state index in [1.807, 2.05) is 23.1 Å². The summed E-state index contributed by atoms with van der Waals surface area (Å²) in [6.07, 6.45) is 0.907. The van der Waals surface area contributed by atoms with Crippen molar-refractivity contribution in [1.29, 1.82) is 0 Å². The molecule has 1 aliphatic heterocycles. The highest BCUT2D eigenvalue weighted by Crippen LogP contribution is 2.34. The van der Waals surface area contributed by atoms with Crippen LogP contribution in [0, 0.1) is 27.7 Å². The minimum absolute atomic E-state index is 0.0273. The van der Waals surface area contributed by atoms with Gasteiger partial charge in [0.2, 0.25) is 0 Å². The van der Waals surface area contributed by atoms with Crippen molar-refractivity contribution in [3.63, 3.8) is 0 Å². The molecule has 0 radical (unpaired) electrons. The number of amides is 1. The summed E-state index contributed by atoms with van der Waals surface area (Å²) in [5.41, 5.74) is 6.41. The van der Waals surface area contributed by atoms with Crippen LogP contribution in [0.25, 0.3) is 10.2 Å². The average Bonchev–Trinajstić information content (AvgIpc) is 3.23. The topological polar surface area (TPSA) is 45.7 Å². The number of ether oxygens (including phenoxy) is 1. The van der Waals surface area contributed by atoms with Crippen molar-refractivity contribution < 1.29 is 9.53 Å². The Balaban J connectivity index is 1.63. The number of thiazole rings is 1. The molecule has 164 valence electrons. The maximum Gasteiger partial charge on any atom is 0.260 e. The maximum atomic E-state index is 13.6. The highest BCUT2D eigenvalue weighted by molar-refractivity contribution is 7.22. The van der Waals surface area contributed by atoms with Gasteiger partial charge in [0.25, 0.3) is 5.91 Å². The van der Waals surface area contributed by atoms with E-state index in [4.69, 9.17) is 9.72 Å². The standard InChI is InChI=1S/C25H31N3O2S/c1-17-8-9-21(16-20(17)4)24(29)28(11-5-10-27-12-14-30-15-13-27)25-26-22-18(2)6-7-19(3)23(22)31-25/h6-9,16H,5,10-15H2,1-4H3. The lowest BCUT2D eigenvalue weighted by atomic mass is 10.1. The Morgan fingerprint density at radius 2 is 1.74 bits per heavy atom. The van der Waals surface area contributed by atoms with Crippen LogP contribution in [0.4, 0.5) is 5.13 Å². The molecule has 3 aromatic rings. The van der Waals surface area contributed by atoms with Gasteiger partial charge in [-0.25, -0.2) is 4.98 Å². The molecule has 0 aliphatic carbocycles. The zero-order valence-corrected chi connectivity index (χ0v) is 19.7. The lowest BCUT2D eigenvalue weighted by molar-refractivity contribution is 0.0376. The number of anilines is 1. The molecule has 2 heterocycles. The van der Waals surface area contributed by atoms with Gasteiger partial charge < -0.3 is 4.74 Å². The molecule has 0 unspecified atom stereocenters. The molecule has 1 amide bonds. The molecule has 0 saturated carbocycles. The fourth-order valence-electron chi connectivity index (χ4n) is 3.95. The molecule has 0 atom stereocenters. The van der Waals surface area contributed by atoms with Crippen LogP contribution in [-0.4, -0.2) is 55.2 Å². The molecule has 0 N–H and O–H groups in total. The first-order valence-corrected chi connectivity index (χ1v) is 11.8. The van der Waals surface area contributed by atoms with E-state index in [1.54, 1.807) is 11.3 Å². The van der Waals surface area contributed by atoms with Crippen LogP contribution in [0.5, 0.6) is 0 Å². The summed E-state index contributed by atoms with van der Waals surface area (Å²) in [7, 11) is 0. The third-order valence-electron chi connectivity index (χ3n) is 6.12. The summed E-state index contributed by atoms with van der Waals surface area (Å²) in [6, 6.07) is 10.2. The van der Waals surface area contributed by atoms with Crippen molar-refractivity contribution in [3.8, 4) is 0 Å². The van der Waals surface area contributed by atoms with Gasteiger partial charge in [-0.3, -0.25) is 14.6 Å². The number of rotatable bonds is 6. The zero-order chi connectivity index (χ0) is 22.0. The zero-order valence-electron chi connectivity index (χ0n) is 18.9. The van der Waals surface area contributed by atoms with Crippen LogP contribution < -0.4 is 4.90 Å². The Hall–Kier alpha value is -2.28. The molecule has 2 aromatic carbocycles. The van der Waals surface area contributed by atoms with Gasteiger partial charge in [0.05, 0.1) is 23.4 Å². The number of fused-ring (bicyclic) bond motifs is 1. The van der Waals surface area contributed by atoms with Gasteiger partial charge >= 0.3 is 0 Å². The summed E-state index contributed by atoms with van der Waals surface area (Å²) in [6.45, 7) is 13.4. The largest absolute Gasteiger partial charge is 0.379 e. The van der Waals surface area contributed by atoms with Crippen molar-refractivity contribution >= 4 is 32.6 Å². The van der Waals surface area contributed by atoms with E-state index in [0.717, 1.165) is 66.6 Å². The van der Waals surface area contributed by atoms with Crippen molar-refractivity contribution in [2.45, 2.75) is 34.1 Å². The van der Waals surface area contributed by atoms with E-state index in [-0.39, 0.29) is 5.91 Å². The highest BCUT2D eigenvalue weighted by Gasteiger charge is 2.23. The van der Waals surface area contributed by atoms with E-state index in [2.05, 4.69) is 44.7 Å². The van der Waals surface area contributed by atoms with Crippen molar-refractivity contribution in [1.82, 2.24) is 9.88 Å². The Morgan fingerprint density at radius 1 is 1.03 bits per heavy atom. The van der Waals surface area contributed by atoms with E-state index in [1.165, 1.54) is 15.8 Å². The molecule has 6 heteroatoms. The number of hydrogen-bond acceptors (Lipinski definition) is 5. The van der Waals surface area contributed by atoms with Crippen LogP contribution in [0.1, 0.15) is 39.0 Å². The summed E-state index contributed by atoms with van der Waals surface area (Å²) < 4.78 is 6.62. The summed E-state index contributed by atoms with van der Waals surface area (Å²) >= 11 is 1.62. The van der Waals surface area contributed by atoms with Gasteiger partial charge in [0.1, 0.15) is 0 Å². The Bertz CT molecular complexity index is 1050. The molecule has 4 rings (SSSR count). The van der Waals surface area contributed by atoms with Gasteiger partial charge in [-0.05, 0) is 68.5 Å². The molecule has 5 nitrogen and oxygen atoms in total. The molecule has 1 fully saturated rings. The summed E-state index contributed by atoms with van der Waals surface area (Å²) in [4.78, 5) is 22.8. The molecule has 1 saturated heterocycles. The molecule has 31 heavy (non-hydrogen) atoms.